The molecule has 0 bridgehead atoms. The van der Waals surface area contributed by atoms with E-state index in [0.29, 0.717) is 12.2 Å². The maximum Gasteiger partial charge on any atom is 0.180 e. The van der Waals surface area contributed by atoms with Crippen LogP contribution in [0.2, 0.25) is 0 Å². The van der Waals surface area contributed by atoms with Gasteiger partial charge in [0.2, 0.25) is 0 Å². The molecule has 0 fully saturated rings. The molecule has 0 aliphatic carbocycles. The third kappa shape index (κ3) is 3.23. The van der Waals surface area contributed by atoms with Crippen molar-refractivity contribution in [2.24, 2.45) is 0 Å². The molecule has 0 saturated carbocycles. The lowest BCUT2D eigenvalue weighted by molar-refractivity contribution is 0.101. The zero-order chi connectivity index (χ0) is 17.1. The van der Waals surface area contributed by atoms with Crippen molar-refractivity contribution in [1.82, 2.24) is 9.78 Å². The van der Waals surface area contributed by atoms with Crippen LogP contribution in [0.15, 0.2) is 54.6 Å². The SMILES string of the molecule is COc1ccc(-c2cc(C(C)=O)nn2Cc2ccccc2)cc1C. The van der Waals surface area contributed by atoms with E-state index in [1.165, 1.54) is 6.92 Å². The van der Waals surface area contributed by atoms with Crippen molar-refractivity contribution in [3.05, 3.63) is 71.4 Å². The molecule has 0 N–H and O–H groups in total. The molecular weight excluding hydrogens is 300 g/mol. The highest BCUT2D eigenvalue weighted by Crippen LogP contribution is 2.27. The van der Waals surface area contributed by atoms with Crippen LogP contribution in [0.1, 0.15) is 28.5 Å². The molecular formula is C20H20N2O2. The van der Waals surface area contributed by atoms with Gasteiger partial charge in [0.15, 0.2) is 5.78 Å². The quantitative estimate of drug-likeness (QED) is 0.664. The Kier molecular flexibility index (Phi) is 4.47. The maximum atomic E-state index is 11.8. The van der Waals surface area contributed by atoms with Crippen molar-refractivity contribution < 1.29 is 9.53 Å². The van der Waals surface area contributed by atoms with Gasteiger partial charge in [0.05, 0.1) is 19.3 Å². The van der Waals surface area contributed by atoms with Gasteiger partial charge in [0, 0.05) is 12.5 Å². The fourth-order valence-electron chi connectivity index (χ4n) is 2.74. The number of rotatable bonds is 5. The van der Waals surface area contributed by atoms with Gasteiger partial charge < -0.3 is 4.74 Å². The van der Waals surface area contributed by atoms with E-state index in [1.54, 1.807) is 7.11 Å². The van der Waals surface area contributed by atoms with E-state index in [9.17, 15) is 4.79 Å². The van der Waals surface area contributed by atoms with E-state index in [4.69, 9.17) is 4.74 Å². The molecule has 122 valence electrons. The van der Waals surface area contributed by atoms with Crippen LogP contribution in [0.5, 0.6) is 5.75 Å². The molecule has 0 spiro atoms. The predicted molar refractivity (Wildman–Crippen MR) is 94.5 cm³/mol. The fraction of sp³-hybridized carbons (Fsp3) is 0.200. The number of Topliss-reactive ketones (excluding diaryl/α,β-unsaturated/α-hetero) is 1. The van der Waals surface area contributed by atoms with Gasteiger partial charge in [0.25, 0.3) is 0 Å². The Morgan fingerprint density at radius 3 is 2.50 bits per heavy atom. The molecule has 4 nitrogen and oxygen atoms in total. The minimum Gasteiger partial charge on any atom is -0.496 e. The van der Waals surface area contributed by atoms with Crippen LogP contribution in [-0.2, 0) is 6.54 Å². The summed E-state index contributed by atoms with van der Waals surface area (Å²) >= 11 is 0. The predicted octanol–water partition coefficient (Wildman–Crippen LogP) is 4.12. The smallest absolute Gasteiger partial charge is 0.180 e. The summed E-state index contributed by atoms with van der Waals surface area (Å²) in [6.07, 6.45) is 0. The number of aryl methyl sites for hydroxylation is 1. The maximum absolute atomic E-state index is 11.8. The van der Waals surface area contributed by atoms with Crippen molar-refractivity contribution in [3.63, 3.8) is 0 Å². The number of carbonyl (C=O) groups excluding carboxylic acids is 1. The molecule has 0 atom stereocenters. The molecule has 1 aromatic heterocycles. The fourth-order valence-corrected chi connectivity index (χ4v) is 2.74. The van der Waals surface area contributed by atoms with Crippen LogP contribution in [-0.4, -0.2) is 22.7 Å². The molecule has 0 unspecified atom stereocenters. The Morgan fingerprint density at radius 2 is 1.88 bits per heavy atom. The molecule has 3 rings (SSSR count). The number of hydrogen-bond acceptors (Lipinski definition) is 3. The van der Waals surface area contributed by atoms with E-state index in [-0.39, 0.29) is 5.78 Å². The highest BCUT2D eigenvalue weighted by atomic mass is 16.5. The van der Waals surface area contributed by atoms with Crippen LogP contribution in [0.25, 0.3) is 11.3 Å². The summed E-state index contributed by atoms with van der Waals surface area (Å²) in [5.41, 5.74) is 4.61. The highest BCUT2D eigenvalue weighted by Gasteiger charge is 2.14. The van der Waals surface area contributed by atoms with Crippen molar-refractivity contribution >= 4 is 5.78 Å². The molecule has 0 aliphatic heterocycles. The van der Waals surface area contributed by atoms with Gasteiger partial charge in [-0.25, -0.2) is 0 Å². The first-order valence-electron chi connectivity index (χ1n) is 7.86. The Balaban J connectivity index is 2.05. The number of ketones is 1. The van der Waals surface area contributed by atoms with Crippen LogP contribution >= 0.6 is 0 Å². The zero-order valence-corrected chi connectivity index (χ0v) is 14.1. The summed E-state index contributed by atoms with van der Waals surface area (Å²) in [6, 6.07) is 17.9. The largest absolute Gasteiger partial charge is 0.496 e. The lowest BCUT2D eigenvalue weighted by Gasteiger charge is -2.10. The lowest BCUT2D eigenvalue weighted by atomic mass is 10.1. The number of benzene rings is 2. The average Bonchev–Trinajstić information content (AvgIpc) is 3.00. The first-order chi connectivity index (χ1) is 11.6. The molecule has 0 amide bonds. The van der Waals surface area contributed by atoms with Crippen molar-refractivity contribution in [2.75, 3.05) is 7.11 Å². The third-order valence-corrected chi connectivity index (χ3v) is 4.01. The first kappa shape index (κ1) is 16.0. The molecule has 3 aromatic rings. The molecule has 0 radical (unpaired) electrons. The first-order valence-corrected chi connectivity index (χ1v) is 7.86. The number of hydrogen-bond donors (Lipinski definition) is 0. The summed E-state index contributed by atoms with van der Waals surface area (Å²) < 4.78 is 7.21. The topological polar surface area (TPSA) is 44.1 Å². The monoisotopic (exact) mass is 320 g/mol. The summed E-state index contributed by atoms with van der Waals surface area (Å²) in [4.78, 5) is 11.8. The van der Waals surface area contributed by atoms with Gasteiger partial charge in [-0.2, -0.15) is 5.10 Å². The number of aromatic nitrogens is 2. The van der Waals surface area contributed by atoms with E-state index < -0.39 is 0 Å². The van der Waals surface area contributed by atoms with Crippen LogP contribution in [0.3, 0.4) is 0 Å². The highest BCUT2D eigenvalue weighted by molar-refractivity contribution is 5.93. The Hall–Kier alpha value is -2.88. The standard InChI is InChI=1S/C20H20N2O2/c1-14-11-17(9-10-20(14)24-3)19-12-18(15(2)23)21-22(19)13-16-7-5-4-6-8-16/h4-12H,13H2,1-3H3. The Labute approximate surface area is 141 Å². The summed E-state index contributed by atoms with van der Waals surface area (Å²) in [6.45, 7) is 4.17. The average molecular weight is 320 g/mol. The molecule has 24 heavy (non-hydrogen) atoms. The number of methoxy groups -OCH3 is 1. The van der Waals surface area contributed by atoms with Gasteiger partial charge in [-0.05, 0) is 42.3 Å². The van der Waals surface area contributed by atoms with Crippen molar-refractivity contribution in [2.45, 2.75) is 20.4 Å². The molecule has 2 aromatic carbocycles. The van der Waals surface area contributed by atoms with Crippen LogP contribution in [0.4, 0.5) is 0 Å². The second kappa shape index (κ2) is 6.71. The van der Waals surface area contributed by atoms with Crippen molar-refractivity contribution in [1.29, 1.82) is 0 Å². The normalized spacial score (nSPS) is 10.6. The van der Waals surface area contributed by atoms with E-state index >= 15 is 0 Å². The van der Waals surface area contributed by atoms with E-state index in [1.807, 2.05) is 48.0 Å². The van der Waals surface area contributed by atoms with E-state index in [2.05, 4.69) is 23.3 Å². The van der Waals surface area contributed by atoms with Crippen molar-refractivity contribution in [3.8, 4) is 17.0 Å². The Morgan fingerprint density at radius 1 is 1.12 bits per heavy atom. The zero-order valence-electron chi connectivity index (χ0n) is 14.1. The molecule has 0 saturated heterocycles. The molecule has 1 heterocycles. The number of nitrogens with zero attached hydrogens (tertiary/aromatic N) is 2. The minimum atomic E-state index is -0.0340. The second-order valence-corrected chi connectivity index (χ2v) is 5.80. The summed E-state index contributed by atoms with van der Waals surface area (Å²) in [7, 11) is 1.66. The van der Waals surface area contributed by atoms with Gasteiger partial charge >= 0.3 is 0 Å². The van der Waals surface area contributed by atoms with Gasteiger partial charge in [-0.1, -0.05) is 30.3 Å². The molecule has 0 aliphatic rings. The van der Waals surface area contributed by atoms with Gasteiger partial charge in [-0.15, -0.1) is 0 Å². The third-order valence-electron chi connectivity index (χ3n) is 4.01. The van der Waals surface area contributed by atoms with Crippen LogP contribution in [0, 0.1) is 6.92 Å². The summed E-state index contributed by atoms with van der Waals surface area (Å²) in [5, 5.41) is 4.49. The molecule has 4 heteroatoms. The van der Waals surface area contributed by atoms with Gasteiger partial charge in [-0.3, -0.25) is 9.48 Å². The number of ether oxygens (including phenoxy) is 1. The minimum absolute atomic E-state index is 0.0340. The van der Waals surface area contributed by atoms with Gasteiger partial charge in [0.1, 0.15) is 11.4 Å². The van der Waals surface area contributed by atoms with E-state index in [0.717, 1.165) is 28.1 Å². The Bertz CT molecular complexity index is 867. The number of carbonyl (C=O) groups is 1. The van der Waals surface area contributed by atoms with Crippen LogP contribution < -0.4 is 4.74 Å². The lowest BCUT2D eigenvalue weighted by Crippen LogP contribution is -2.05. The second-order valence-electron chi connectivity index (χ2n) is 5.80. The summed E-state index contributed by atoms with van der Waals surface area (Å²) in [5.74, 6) is 0.813.